The van der Waals surface area contributed by atoms with E-state index in [-0.39, 0.29) is 25.0 Å². The molecule has 0 amide bonds. The first-order valence-electron chi connectivity index (χ1n) is 8.85. The summed E-state index contributed by atoms with van der Waals surface area (Å²) in [7, 11) is 1.64. The molecule has 7 nitrogen and oxygen atoms in total. The van der Waals surface area contributed by atoms with Crippen molar-refractivity contribution in [3.8, 4) is 5.75 Å². The van der Waals surface area contributed by atoms with E-state index in [9.17, 15) is 0 Å². The molecule has 0 N–H and O–H groups in total. The van der Waals surface area contributed by atoms with Crippen molar-refractivity contribution in [2.75, 3.05) is 20.4 Å². The number of ether oxygens (including phenoxy) is 6. The molecule has 2 aliphatic rings. The standard InChI is InChI=1S/C20H25NO6/c1-20(2)26-17-16(6-5-11-23-13-21-3)25-19(18(17)27-20)24-12-14-7-9-15(22-4)10-8-14/h5-10,16-19H,11-13H2,1-2,4H3/b6-5-/t16-,17-,18?,19+/m1/s1. The Morgan fingerprint density at radius 3 is 2.63 bits per heavy atom. The lowest BCUT2D eigenvalue weighted by atomic mass is 10.1. The highest BCUT2D eigenvalue weighted by Crippen LogP contribution is 2.39. The van der Waals surface area contributed by atoms with Crippen molar-refractivity contribution in [1.82, 2.24) is 0 Å². The Balaban J connectivity index is 1.60. The summed E-state index contributed by atoms with van der Waals surface area (Å²) in [6, 6.07) is 7.69. The summed E-state index contributed by atoms with van der Waals surface area (Å²) in [5, 5.41) is 0. The van der Waals surface area contributed by atoms with Crippen LogP contribution < -0.4 is 4.74 Å². The topological polar surface area (TPSA) is 59.7 Å². The zero-order valence-electron chi connectivity index (χ0n) is 15.8. The fraction of sp³-hybridized carbons (Fsp3) is 0.550. The molecule has 0 radical (unpaired) electrons. The monoisotopic (exact) mass is 375 g/mol. The van der Waals surface area contributed by atoms with Gasteiger partial charge in [-0.25, -0.2) is 6.57 Å². The van der Waals surface area contributed by atoms with E-state index >= 15 is 0 Å². The lowest BCUT2D eigenvalue weighted by molar-refractivity contribution is -0.231. The molecule has 1 aromatic rings. The Hall–Kier alpha value is -1.95. The molecule has 0 bridgehead atoms. The summed E-state index contributed by atoms with van der Waals surface area (Å²) in [5.74, 6) is 0.115. The first-order valence-corrected chi connectivity index (χ1v) is 8.85. The summed E-state index contributed by atoms with van der Waals surface area (Å²) >= 11 is 0. The van der Waals surface area contributed by atoms with E-state index in [1.54, 1.807) is 7.11 Å². The number of hydrogen-bond donors (Lipinski definition) is 0. The summed E-state index contributed by atoms with van der Waals surface area (Å²) in [6.45, 7) is 11.3. The highest BCUT2D eigenvalue weighted by molar-refractivity contribution is 5.26. The molecule has 2 heterocycles. The van der Waals surface area contributed by atoms with Crippen LogP contribution >= 0.6 is 0 Å². The molecule has 1 aromatic carbocycles. The van der Waals surface area contributed by atoms with Gasteiger partial charge >= 0.3 is 6.73 Å². The van der Waals surface area contributed by atoms with E-state index < -0.39 is 12.1 Å². The quantitative estimate of drug-likeness (QED) is 0.396. The van der Waals surface area contributed by atoms with Crippen molar-refractivity contribution in [2.45, 2.75) is 50.8 Å². The van der Waals surface area contributed by atoms with E-state index in [1.807, 2.05) is 50.3 Å². The molecule has 0 aromatic heterocycles. The molecule has 2 aliphatic heterocycles. The van der Waals surface area contributed by atoms with Gasteiger partial charge in [0.2, 0.25) is 0 Å². The maximum absolute atomic E-state index is 6.70. The second kappa shape index (κ2) is 8.83. The number of rotatable bonds is 8. The average molecular weight is 375 g/mol. The maximum Gasteiger partial charge on any atom is 0.318 e. The van der Waals surface area contributed by atoms with Crippen molar-refractivity contribution in [3.05, 3.63) is 53.4 Å². The Bertz CT molecular complexity index is 681. The van der Waals surface area contributed by atoms with Gasteiger partial charge in [0.05, 0.1) is 20.3 Å². The van der Waals surface area contributed by atoms with Crippen molar-refractivity contribution >= 4 is 0 Å². The van der Waals surface area contributed by atoms with E-state index in [0.717, 1.165) is 11.3 Å². The van der Waals surface area contributed by atoms with Gasteiger partial charge in [0.15, 0.2) is 12.1 Å². The average Bonchev–Trinajstić information content (AvgIpc) is 3.14. The van der Waals surface area contributed by atoms with Crippen LogP contribution in [0, 0.1) is 6.57 Å². The van der Waals surface area contributed by atoms with Crippen molar-refractivity contribution in [1.29, 1.82) is 0 Å². The van der Waals surface area contributed by atoms with Crippen LogP contribution in [0.4, 0.5) is 0 Å². The lowest BCUT2D eigenvalue weighted by Crippen LogP contribution is -2.31. The maximum atomic E-state index is 6.70. The van der Waals surface area contributed by atoms with Crippen LogP contribution in [-0.4, -0.2) is 50.8 Å². The number of benzene rings is 1. The molecule has 0 spiro atoms. The second-order valence-electron chi connectivity index (χ2n) is 6.78. The summed E-state index contributed by atoms with van der Waals surface area (Å²) in [5.41, 5.74) is 1.01. The van der Waals surface area contributed by atoms with Crippen LogP contribution in [0.5, 0.6) is 5.75 Å². The van der Waals surface area contributed by atoms with Crippen molar-refractivity contribution in [3.63, 3.8) is 0 Å². The molecule has 146 valence electrons. The van der Waals surface area contributed by atoms with Crippen molar-refractivity contribution < 1.29 is 28.4 Å². The van der Waals surface area contributed by atoms with Gasteiger partial charge in [0.25, 0.3) is 0 Å². The van der Waals surface area contributed by atoms with E-state index in [1.165, 1.54) is 0 Å². The third-order valence-corrected chi connectivity index (χ3v) is 4.32. The Labute approximate surface area is 159 Å². The number of fused-ring (bicyclic) bond motifs is 1. The molecule has 27 heavy (non-hydrogen) atoms. The Kier molecular flexibility index (Phi) is 6.47. The molecule has 2 saturated heterocycles. The molecule has 0 saturated carbocycles. The van der Waals surface area contributed by atoms with Gasteiger partial charge in [-0.2, -0.15) is 0 Å². The zero-order chi connectivity index (χ0) is 19.3. The van der Waals surface area contributed by atoms with E-state index in [4.69, 9.17) is 35.0 Å². The van der Waals surface area contributed by atoms with Gasteiger partial charge in [0.1, 0.15) is 24.1 Å². The molecular formula is C20H25NO6. The summed E-state index contributed by atoms with van der Waals surface area (Å²) < 4.78 is 34.2. The van der Waals surface area contributed by atoms with Crippen LogP contribution in [0.3, 0.4) is 0 Å². The zero-order valence-corrected chi connectivity index (χ0v) is 15.8. The number of hydrogen-bond acceptors (Lipinski definition) is 6. The van der Waals surface area contributed by atoms with Crippen LogP contribution in [0.2, 0.25) is 0 Å². The molecule has 2 fully saturated rings. The highest BCUT2D eigenvalue weighted by Gasteiger charge is 2.55. The molecule has 3 rings (SSSR count). The van der Waals surface area contributed by atoms with Gasteiger partial charge in [-0.15, -0.1) is 0 Å². The smallest absolute Gasteiger partial charge is 0.318 e. The first kappa shape index (κ1) is 19.8. The molecule has 0 aliphatic carbocycles. The molecule has 4 atom stereocenters. The van der Waals surface area contributed by atoms with Gasteiger partial charge in [-0.1, -0.05) is 24.3 Å². The van der Waals surface area contributed by atoms with Crippen LogP contribution in [0.25, 0.3) is 4.85 Å². The molecule has 1 unspecified atom stereocenters. The van der Waals surface area contributed by atoms with Gasteiger partial charge in [-0.3, -0.25) is 4.85 Å². The highest BCUT2D eigenvalue weighted by atomic mass is 16.8. The fourth-order valence-corrected chi connectivity index (χ4v) is 3.14. The number of nitrogens with zero attached hydrogens (tertiary/aromatic N) is 1. The van der Waals surface area contributed by atoms with E-state index in [2.05, 4.69) is 4.85 Å². The van der Waals surface area contributed by atoms with Gasteiger partial charge in [0, 0.05) is 0 Å². The predicted octanol–water partition coefficient (Wildman–Crippen LogP) is 2.91. The van der Waals surface area contributed by atoms with Crippen LogP contribution in [-0.2, 0) is 30.3 Å². The first-order chi connectivity index (χ1) is 13.0. The second-order valence-corrected chi connectivity index (χ2v) is 6.78. The largest absolute Gasteiger partial charge is 0.497 e. The minimum atomic E-state index is -0.687. The minimum Gasteiger partial charge on any atom is -0.497 e. The molecular weight excluding hydrogens is 350 g/mol. The van der Waals surface area contributed by atoms with Crippen LogP contribution in [0.1, 0.15) is 19.4 Å². The normalized spacial score (nSPS) is 29.0. The SMILES string of the molecule is [C-]#[N+]COC/C=C\[C@H]1O[C@H](OCc2ccc(OC)cc2)C2OC(C)(C)O[C@@H]21. The Morgan fingerprint density at radius 1 is 1.19 bits per heavy atom. The van der Waals surface area contributed by atoms with Crippen molar-refractivity contribution in [2.24, 2.45) is 0 Å². The summed E-state index contributed by atoms with van der Waals surface area (Å²) in [4.78, 5) is 3.14. The van der Waals surface area contributed by atoms with Gasteiger partial charge in [-0.05, 0) is 31.5 Å². The number of methoxy groups -OCH3 is 1. The Morgan fingerprint density at radius 2 is 1.93 bits per heavy atom. The van der Waals surface area contributed by atoms with E-state index in [0.29, 0.717) is 13.2 Å². The fourth-order valence-electron chi connectivity index (χ4n) is 3.14. The van der Waals surface area contributed by atoms with Gasteiger partial charge < -0.3 is 28.4 Å². The molecule has 7 heteroatoms. The predicted molar refractivity (Wildman–Crippen MR) is 96.8 cm³/mol. The third-order valence-electron chi connectivity index (χ3n) is 4.32. The summed E-state index contributed by atoms with van der Waals surface area (Å²) in [6.07, 6.45) is 2.32. The van der Waals surface area contributed by atoms with Crippen LogP contribution in [0.15, 0.2) is 36.4 Å². The third kappa shape index (κ3) is 5.06. The lowest BCUT2D eigenvalue weighted by Gasteiger charge is -2.23. The minimum absolute atomic E-state index is 0.0438.